The van der Waals surface area contributed by atoms with E-state index in [0.29, 0.717) is 35.2 Å². The summed E-state index contributed by atoms with van der Waals surface area (Å²) in [4.78, 5) is 36.8. The van der Waals surface area contributed by atoms with Crippen LogP contribution in [-0.2, 0) is 14.3 Å². The number of rotatable bonds is 5. The highest BCUT2D eigenvalue weighted by Crippen LogP contribution is 2.46. The molecular formula is C25H24N2O6. The zero-order chi connectivity index (χ0) is 23.7. The van der Waals surface area contributed by atoms with Gasteiger partial charge in [0.05, 0.1) is 24.7 Å². The number of carbonyl (C=O) groups is 2. The number of nitro benzene ring substituents is 1. The number of benzene rings is 2. The SMILES string of the molecule is COC(=O)C1=C(C)NC2=C(C(=O)C[C@H](c3ccc(OC)cc3)C2)[C@H]1c1ccc([N+](=O)[O-])cc1. The molecule has 0 unspecified atom stereocenters. The number of Topliss-reactive ketones (excluding diaryl/α,β-unsaturated/α-hetero) is 1. The van der Waals surface area contributed by atoms with Gasteiger partial charge in [-0.1, -0.05) is 24.3 Å². The van der Waals surface area contributed by atoms with Gasteiger partial charge in [-0.05, 0) is 42.5 Å². The third-order valence-electron chi connectivity index (χ3n) is 6.26. The Balaban J connectivity index is 1.77. The van der Waals surface area contributed by atoms with Crippen LogP contribution < -0.4 is 10.1 Å². The molecule has 0 saturated heterocycles. The molecule has 0 aromatic heterocycles. The van der Waals surface area contributed by atoms with E-state index >= 15 is 0 Å². The Bertz CT molecular complexity index is 1180. The first-order valence-corrected chi connectivity index (χ1v) is 10.5. The zero-order valence-electron chi connectivity index (χ0n) is 18.6. The van der Waals surface area contributed by atoms with Crippen molar-refractivity contribution in [3.8, 4) is 5.75 Å². The number of methoxy groups -OCH3 is 2. The molecule has 8 nitrogen and oxygen atoms in total. The van der Waals surface area contributed by atoms with Crippen LogP contribution in [0.3, 0.4) is 0 Å². The topological polar surface area (TPSA) is 108 Å². The summed E-state index contributed by atoms with van der Waals surface area (Å²) >= 11 is 0. The number of allylic oxidation sites excluding steroid dienone is 3. The summed E-state index contributed by atoms with van der Waals surface area (Å²) < 4.78 is 10.2. The lowest BCUT2D eigenvalue weighted by Gasteiger charge is -2.36. The van der Waals surface area contributed by atoms with Gasteiger partial charge >= 0.3 is 5.97 Å². The van der Waals surface area contributed by atoms with Gasteiger partial charge in [-0.3, -0.25) is 14.9 Å². The number of nitro groups is 1. The van der Waals surface area contributed by atoms with Crippen molar-refractivity contribution in [1.82, 2.24) is 5.32 Å². The molecule has 1 heterocycles. The third-order valence-corrected chi connectivity index (χ3v) is 6.26. The first-order valence-electron chi connectivity index (χ1n) is 10.5. The van der Waals surface area contributed by atoms with Gasteiger partial charge in [-0.2, -0.15) is 0 Å². The van der Waals surface area contributed by atoms with E-state index in [4.69, 9.17) is 9.47 Å². The molecule has 2 atom stereocenters. The Kier molecular flexibility index (Phi) is 6.00. The van der Waals surface area contributed by atoms with Crippen molar-refractivity contribution in [1.29, 1.82) is 0 Å². The number of esters is 1. The van der Waals surface area contributed by atoms with Gasteiger partial charge in [0.2, 0.25) is 0 Å². The highest BCUT2D eigenvalue weighted by Gasteiger charge is 2.41. The normalized spacial score (nSPS) is 20.2. The quantitative estimate of drug-likeness (QED) is 0.416. The van der Waals surface area contributed by atoms with Crippen molar-refractivity contribution in [3.05, 3.63) is 92.3 Å². The van der Waals surface area contributed by atoms with Gasteiger partial charge in [0.15, 0.2) is 5.78 Å². The van der Waals surface area contributed by atoms with E-state index in [-0.39, 0.29) is 17.4 Å². The largest absolute Gasteiger partial charge is 0.497 e. The van der Waals surface area contributed by atoms with E-state index in [1.807, 2.05) is 24.3 Å². The summed E-state index contributed by atoms with van der Waals surface area (Å²) in [5.74, 6) is -0.531. The molecule has 4 rings (SSSR count). The van der Waals surface area contributed by atoms with Gasteiger partial charge in [-0.15, -0.1) is 0 Å². The maximum absolute atomic E-state index is 13.5. The lowest BCUT2D eigenvalue weighted by atomic mass is 9.71. The van der Waals surface area contributed by atoms with Crippen LogP contribution in [0.4, 0.5) is 5.69 Å². The van der Waals surface area contributed by atoms with Crippen molar-refractivity contribution in [2.75, 3.05) is 14.2 Å². The van der Waals surface area contributed by atoms with Crippen LogP contribution in [0.1, 0.15) is 42.7 Å². The zero-order valence-corrected chi connectivity index (χ0v) is 18.6. The molecule has 0 fully saturated rings. The third kappa shape index (κ3) is 4.11. The summed E-state index contributed by atoms with van der Waals surface area (Å²) in [6, 6.07) is 13.6. The van der Waals surface area contributed by atoms with Crippen LogP contribution in [0.15, 0.2) is 71.1 Å². The highest BCUT2D eigenvalue weighted by atomic mass is 16.6. The molecule has 0 amide bonds. The molecule has 0 spiro atoms. The van der Waals surface area contributed by atoms with E-state index in [2.05, 4.69) is 5.32 Å². The van der Waals surface area contributed by atoms with E-state index in [1.165, 1.54) is 19.2 Å². The Labute approximate surface area is 191 Å². The molecule has 8 heteroatoms. The van der Waals surface area contributed by atoms with Crippen LogP contribution in [0.25, 0.3) is 0 Å². The number of hydrogen-bond acceptors (Lipinski definition) is 7. The minimum Gasteiger partial charge on any atom is -0.497 e. The smallest absolute Gasteiger partial charge is 0.336 e. The average molecular weight is 448 g/mol. The fourth-order valence-electron chi connectivity index (χ4n) is 4.65. The number of nitrogens with zero attached hydrogens (tertiary/aromatic N) is 1. The lowest BCUT2D eigenvalue weighted by molar-refractivity contribution is -0.384. The van der Waals surface area contributed by atoms with Crippen molar-refractivity contribution in [3.63, 3.8) is 0 Å². The summed E-state index contributed by atoms with van der Waals surface area (Å²) in [6.07, 6.45) is 0.895. The van der Waals surface area contributed by atoms with E-state index in [1.54, 1.807) is 26.2 Å². The molecule has 1 N–H and O–H groups in total. The molecule has 0 bridgehead atoms. The second kappa shape index (κ2) is 8.90. The fourth-order valence-corrected chi connectivity index (χ4v) is 4.65. The fraction of sp³-hybridized carbons (Fsp3) is 0.280. The summed E-state index contributed by atoms with van der Waals surface area (Å²) in [5, 5.41) is 14.4. The summed E-state index contributed by atoms with van der Waals surface area (Å²) in [6.45, 7) is 1.77. The predicted octanol–water partition coefficient (Wildman–Crippen LogP) is 4.14. The first kappa shape index (κ1) is 22.3. The molecule has 2 aliphatic rings. The van der Waals surface area contributed by atoms with Crippen LogP contribution >= 0.6 is 0 Å². The maximum atomic E-state index is 13.5. The highest BCUT2D eigenvalue weighted by molar-refractivity contribution is 6.04. The molecule has 2 aromatic carbocycles. The van der Waals surface area contributed by atoms with Gasteiger partial charge in [0.1, 0.15) is 5.75 Å². The maximum Gasteiger partial charge on any atom is 0.336 e. The van der Waals surface area contributed by atoms with Gasteiger partial charge in [0.25, 0.3) is 5.69 Å². The van der Waals surface area contributed by atoms with Crippen molar-refractivity contribution >= 4 is 17.4 Å². The Morgan fingerprint density at radius 1 is 1.03 bits per heavy atom. The number of non-ortho nitro benzene ring substituents is 1. The van der Waals surface area contributed by atoms with Crippen LogP contribution in [0.5, 0.6) is 5.75 Å². The first-order chi connectivity index (χ1) is 15.8. The minimum absolute atomic E-state index is 0.0142. The number of dihydropyridines is 1. The molecule has 2 aromatic rings. The number of ketones is 1. The lowest BCUT2D eigenvalue weighted by Crippen LogP contribution is -2.36. The van der Waals surface area contributed by atoms with E-state index < -0.39 is 16.8 Å². The van der Waals surface area contributed by atoms with Crippen LogP contribution in [-0.4, -0.2) is 30.9 Å². The number of ether oxygens (including phenoxy) is 2. The van der Waals surface area contributed by atoms with Gasteiger partial charge < -0.3 is 14.8 Å². The average Bonchev–Trinajstić information content (AvgIpc) is 2.82. The van der Waals surface area contributed by atoms with Gasteiger partial charge in [0, 0.05) is 41.4 Å². The molecular weight excluding hydrogens is 424 g/mol. The van der Waals surface area contributed by atoms with E-state index in [9.17, 15) is 19.7 Å². The molecule has 1 aliphatic carbocycles. The predicted molar refractivity (Wildman–Crippen MR) is 121 cm³/mol. The van der Waals surface area contributed by atoms with Gasteiger partial charge in [-0.25, -0.2) is 4.79 Å². The molecule has 0 radical (unpaired) electrons. The molecule has 0 saturated carbocycles. The molecule has 170 valence electrons. The number of nitrogens with one attached hydrogen (secondary N) is 1. The Hall–Kier alpha value is -3.94. The standard InChI is InChI=1S/C25H24N2O6/c1-14-22(25(29)33-3)23(16-4-8-18(9-5-16)27(30)31)24-20(26-14)12-17(13-21(24)28)15-6-10-19(32-2)11-7-15/h4-11,17,23,26H,12-13H2,1-3H3/t17-,23+/m1/s1. The minimum atomic E-state index is -0.654. The monoisotopic (exact) mass is 448 g/mol. The van der Waals surface area contributed by atoms with Crippen molar-refractivity contribution < 1.29 is 24.0 Å². The summed E-state index contributed by atoms with van der Waals surface area (Å²) in [5.41, 5.74) is 3.82. The van der Waals surface area contributed by atoms with Crippen LogP contribution in [0.2, 0.25) is 0 Å². The second-order valence-corrected chi connectivity index (χ2v) is 8.13. The molecule has 1 aliphatic heterocycles. The number of hydrogen-bond donors (Lipinski definition) is 1. The Morgan fingerprint density at radius 2 is 1.67 bits per heavy atom. The number of carbonyl (C=O) groups excluding carboxylic acids is 2. The van der Waals surface area contributed by atoms with Crippen LogP contribution in [0, 0.1) is 10.1 Å². The summed E-state index contributed by atoms with van der Waals surface area (Å²) in [7, 11) is 2.90. The van der Waals surface area contributed by atoms with Crippen molar-refractivity contribution in [2.45, 2.75) is 31.6 Å². The second-order valence-electron chi connectivity index (χ2n) is 8.13. The van der Waals surface area contributed by atoms with Crippen molar-refractivity contribution in [2.24, 2.45) is 0 Å². The molecule has 33 heavy (non-hydrogen) atoms. The Morgan fingerprint density at radius 3 is 2.24 bits per heavy atom. The van der Waals surface area contributed by atoms with E-state index in [0.717, 1.165) is 17.0 Å².